The Hall–Kier alpha value is -2.87. The first kappa shape index (κ1) is 17.5. The van der Waals surface area contributed by atoms with E-state index >= 15 is 0 Å². The van der Waals surface area contributed by atoms with Crippen molar-refractivity contribution < 1.29 is 0 Å². The summed E-state index contributed by atoms with van der Waals surface area (Å²) < 4.78 is 0. The molecule has 0 saturated heterocycles. The molecular weight excluding hydrogens is 328 g/mol. The van der Waals surface area contributed by atoms with Gasteiger partial charge in [0.05, 0.1) is 17.1 Å². The Kier molecular flexibility index (Phi) is 4.35. The number of hydrogen-bond acceptors (Lipinski definition) is 2. The zero-order valence-corrected chi connectivity index (χ0v) is 16.5. The smallest absolute Gasteiger partial charge is 0.0909 e. The molecule has 0 amide bonds. The highest BCUT2D eigenvalue weighted by Gasteiger charge is 2.36. The lowest BCUT2D eigenvalue weighted by Crippen LogP contribution is -2.26. The van der Waals surface area contributed by atoms with Crippen LogP contribution in [0.25, 0.3) is 0 Å². The summed E-state index contributed by atoms with van der Waals surface area (Å²) in [4.78, 5) is 5.10. The number of aliphatic imine (C=N–C) groups is 1. The Labute approximate surface area is 162 Å². The first-order valence-electron chi connectivity index (χ1n) is 9.62. The van der Waals surface area contributed by atoms with Crippen LogP contribution >= 0.6 is 0 Å². The van der Waals surface area contributed by atoms with Gasteiger partial charge in [0.25, 0.3) is 0 Å². The number of nitrogens with one attached hydrogen (secondary N) is 1. The molecule has 0 aliphatic carbocycles. The predicted octanol–water partition coefficient (Wildman–Crippen LogP) is 6.97. The number of fused-ring (bicyclic) bond motifs is 1. The van der Waals surface area contributed by atoms with Crippen LogP contribution in [0.2, 0.25) is 0 Å². The second-order valence-electron chi connectivity index (χ2n) is 8.02. The minimum absolute atomic E-state index is 0.119. The summed E-state index contributed by atoms with van der Waals surface area (Å²) in [7, 11) is 0. The van der Waals surface area contributed by atoms with E-state index in [1.807, 2.05) is 0 Å². The van der Waals surface area contributed by atoms with Crippen molar-refractivity contribution in [2.75, 3.05) is 5.32 Å². The topological polar surface area (TPSA) is 24.4 Å². The number of rotatable bonds is 4. The van der Waals surface area contributed by atoms with Crippen LogP contribution in [0.5, 0.6) is 0 Å². The van der Waals surface area contributed by atoms with E-state index in [2.05, 4.69) is 106 Å². The normalized spacial score (nSPS) is 14.8. The van der Waals surface area contributed by atoms with Gasteiger partial charge in [0.2, 0.25) is 0 Å². The van der Waals surface area contributed by atoms with Crippen molar-refractivity contribution in [1.82, 2.24) is 0 Å². The van der Waals surface area contributed by atoms with Crippen molar-refractivity contribution in [1.29, 1.82) is 0 Å². The summed E-state index contributed by atoms with van der Waals surface area (Å²) in [5.41, 5.74) is 8.07. The maximum absolute atomic E-state index is 5.10. The molecule has 1 aliphatic rings. The molecule has 3 aromatic rings. The minimum atomic E-state index is -0.119. The zero-order valence-electron chi connectivity index (χ0n) is 16.5. The number of anilines is 2. The Morgan fingerprint density at radius 2 is 1.44 bits per heavy atom. The molecule has 1 N–H and O–H groups in total. The Morgan fingerprint density at radius 3 is 2.19 bits per heavy atom. The average Bonchev–Trinajstić information content (AvgIpc) is 2.95. The van der Waals surface area contributed by atoms with E-state index in [4.69, 9.17) is 4.99 Å². The van der Waals surface area contributed by atoms with Crippen LogP contribution in [0, 0.1) is 0 Å². The third-order valence-corrected chi connectivity index (χ3v) is 5.42. The summed E-state index contributed by atoms with van der Waals surface area (Å²) in [6.45, 7) is 8.97. The maximum atomic E-state index is 5.10. The third-order valence-electron chi connectivity index (χ3n) is 5.42. The quantitative estimate of drug-likeness (QED) is 0.538. The molecule has 0 aromatic heterocycles. The van der Waals surface area contributed by atoms with Gasteiger partial charge in [-0.25, -0.2) is 4.99 Å². The number of hydrogen-bond donors (Lipinski definition) is 1. The second kappa shape index (κ2) is 6.70. The van der Waals surface area contributed by atoms with Crippen molar-refractivity contribution in [3.8, 4) is 0 Å². The van der Waals surface area contributed by atoms with Gasteiger partial charge in [0.15, 0.2) is 0 Å². The van der Waals surface area contributed by atoms with E-state index < -0.39 is 0 Å². The first-order chi connectivity index (χ1) is 13.0. The van der Waals surface area contributed by atoms with E-state index in [-0.39, 0.29) is 5.41 Å². The molecule has 0 atom stereocenters. The van der Waals surface area contributed by atoms with Gasteiger partial charge < -0.3 is 5.32 Å². The molecule has 0 fully saturated rings. The fourth-order valence-electron chi connectivity index (χ4n) is 3.93. The molecular formula is C25H26N2. The fourth-order valence-corrected chi connectivity index (χ4v) is 3.93. The molecule has 2 nitrogen and oxygen atoms in total. The van der Waals surface area contributed by atoms with E-state index in [1.165, 1.54) is 16.7 Å². The molecule has 0 spiro atoms. The van der Waals surface area contributed by atoms with Crippen molar-refractivity contribution >= 4 is 22.8 Å². The number of benzene rings is 3. The standard InChI is InChI=1S/C25H26N2/c1-17(2)19-13-8-9-15-21(19)26-22-16-10-14-20-23(22)27-24(25(20,3)4)18-11-6-5-7-12-18/h5-17,26H,1-4H3. The second-order valence-corrected chi connectivity index (χ2v) is 8.02. The monoisotopic (exact) mass is 354 g/mol. The molecule has 0 radical (unpaired) electrons. The van der Waals surface area contributed by atoms with Crippen molar-refractivity contribution in [3.05, 3.63) is 89.5 Å². The summed E-state index contributed by atoms with van der Waals surface area (Å²) in [5, 5.41) is 3.66. The lowest BCUT2D eigenvalue weighted by molar-refractivity contribution is 0.738. The van der Waals surface area contributed by atoms with Crippen LogP contribution in [0.4, 0.5) is 17.1 Å². The summed E-state index contributed by atoms with van der Waals surface area (Å²) >= 11 is 0. The first-order valence-corrected chi connectivity index (χ1v) is 9.62. The molecule has 3 aromatic carbocycles. The highest BCUT2D eigenvalue weighted by atomic mass is 14.9. The van der Waals surface area contributed by atoms with Gasteiger partial charge in [-0.2, -0.15) is 0 Å². The van der Waals surface area contributed by atoms with Gasteiger partial charge in [-0.15, -0.1) is 0 Å². The maximum Gasteiger partial charge on any atom is 0.0909 e. The van der Waals surface area contributed by atoms with Gasteiger partial charge in [-0.1, -0.05) is 88.4 Å². The predicted molar refractivity (Wildman–Crippen MR) is 116 cm³/mol. The Bertz CT molecular complexity index is 998. The average molecular weight is 354 g/mol. The van der Waals surface area contributed by atoms with Crippen molar-refractivity contribution in [2.24, 2.45) is 4.99 Å². The number of para-hydroxylation sites is 2. The lowest BCUT2D eigenvalue weighted by Gasteiger charge is -2.23. The van der Waals surface area contributed by atoms with Gasteiger partial charge in [0, 0.05) is 11.1 Å². The van der Waals surface area contributed by atoms with E-state index in [1.54, 1.807) is 0 Å². The molecule has 136 valence electrons. The van der Waals surface area contributed by atoms with E-state index in [9.17, 15) is 0 Å². The molecule has 2 heteroatoms. The summed E-state index contributed by atoms with van der Waals surface area (Å²) in [6.07, 6.45) is 0. The van der Waals surface area contributed by atoms with Crippen LogP contribution < -0.4 is 5.32 Å². The van der Waals surface area contributed by atoms with Gasteiger partial charge >= 0.3 is 0 Å². The molecule has 27 heavy (non-hydrogen) atoms. The molecule has 0 saturated carbocycles. The van der Waals surface area contributed by atoms with Crippen molar-refractivity contribution in [3.63, 3.8) is 0 Å². The zero-order chi connectivity index (χ0) is 19.0. The van der Waals surface area contributed by atoms with Crippen LogP contribution in [-0.2, 0) is 5.41 Å². The molecule has 4 rings (SSSR count). The van der Waals surface area contributed by atoms with Crippen LogP contribution in [0.3, 0.4) is 0 Å². The van der Waals surface area contributed by atoms with Gasteiger partial charge in [-0.05, 0) is 34.7 Å². The molecule has 1 aliphatic heterocycles. The van der Waals surface area contributed by atoms with E-state index in [0.717, 1.165) is 22.8 Å². The Morgan fingerprint density at radius 1 is 0.778 bits per heavy atom. The summed E-state index contributed by atoms with van der Waals surface area (Å²) in [5.74, 6) is 0.463. The van der Waals surface area contributed by atoms with Gasteiger partial charge in [-0.3, -0.25) is 0 Å². The number of nitrogens with zero attached hydrogens (tertiary/aromatic N) is 1. The summed E-state index contributed by atoms with van der Waals surface area (Å²) in [6, 6.07) is 25.5. The minimum Gasteiger partial charge on any atom is -0.354 e. The third kappa shape index (κ3) is 3.06. The highest BCUT2D eigenvalue weighted by Crippen LogP contribution is 2.46. The van der Waals surface area contributed by atoms with Crippen LogP contribution in [0.1, 0.15) is 50.3 Å². The highest BCUT2D eigenvalue weighted by molar-refractivity contribution is 6.13. The van der Waals surface area contributed by atoms with Gasteiger partial charge in [0.1, 0.15) is 0 Å². The molecule has 0 unspecified atom stereocenters. The largest absolute Gasteiger partial charge is 0.354 e. The van der Waals surface area contributed by atoms with Crippen LogP contribution in [-0.4, -0.2) is 5.71 Å². The van der Waals surface area contributed by atoms with E-state index in [0.29, 0.717) is 5.92 Å². The molecule has 0 bridgehead atoms. The SMILES string of the molecule is CC(C)c1ccccc1Nc1cccc2c1N=C(c1ccccc1)C2(C)C. The van der Waals surface area contributed by atoms with Crippen molar-refractivity contribution in [2.45, 2.75) is 39.0 Å². The fraction of sp³-hybridized carbons (Fsp3) is 0.240. The van der Waals surface area contributed by atoms with Crippen LogP contribution in [0.15, 0.2) is 77.8 Å². The molecule has 1 heterocycles. The lowest BCUT2D eigenvalue weighted by atomic mass is 9.79. The Balaban J connectivity index is 1.80.